The molecule has 0 aliphatic carbocycles. The molecule has 0 radical (unpaired) electrons. The Balaban J connectivity index is 2.09. The molecule has 0 atom stereocenters. The average molecular weight is 328 g/mol. The van der Waals surface area contributed by atoms with Crippen LogP contribution >= 0.6 is 0 Å². The predicted molar refractivity (Wildman–Crippen MR) is 89.6 cm³/mol. The Labute approximate surface area is 141 Å². The molecule has 24 heavy (non-hydrogen) atoms. The first-order chi connectivity index (χ1) is 11.6. The minimum Gasteiger partial charge on any atom is -0.494 e. The quantitative estimate of drug-likeness (QED) is 0.570. The standard InChI is InChI=1S/C19H20O5/c1-3-11-23-18(20)14-7-6-10-17(13-14)24-19(21)15-8-5-9-16(12-15)22-4-2/h5-10,12-13H,3-4,11H2,1-2H3. The molecule has 0 fully saturated rings. The topological polar surface area (TPSA) is 61.8 Å². The highest BCUT2D eigenvalue weighted by Gasteiger charge is 2.12. The Bertz CT molecular complexity index is 708. The van der Waals surface area contributed by atoms with Crippen molar-refractivity contribution >= 4 is 11.9 Å². The summed E-state index contributed by atoms with van der Waals surface area (Å²) in [5.74, 6) is -0.0691. The van der Waals surface area contributed by atoms with E-state index in [9.17, 15) is 9.59 Å². The molecule has 0 saturated carbocycles. The summed E-state index contributed by atoms with van der Waals surface area (Å²) in [5, 5.41) is 0. The van der Waals surface area contributed by atoms with Gasteiger partial charge in [-0.2, -0.15) is 0 Å². The van der Waals surface area contributed by atoms with Crippen LogP contribution < -0.4 is 9.47 Å². The Morgan fingerprint density at radius 2 is 1.50 bits per heavy atom. The van der Waals surface area contributed by atoms with Crippen molar-refractivity contribution in [3.8, 4) is 11.5 Å². The lowest BCUT2D eigenvalue weighted by Gasteiger charge is -2.08. The summed E-state index contributed by atoms with van der Waals surface area (Å²) in [6.45, 7) is 4.66. The summed E-state index contributed by atoms with van der Waals surface area (Å²) in [5.41, 5.74) is 0.719. The molecule has 126 valence electrons. The van der Waals surface area contributed by atoms with Crippen LogP contribution in [0.3, 0.4) is 0 Å². The summed E-state index contributed by atoms with van der Waals surface area (Å²) < 4.78 is 15.8. The first-order valence-corrected chi connectivity index (χ1v) is 7.86. The van der Waals surface area contributed by atoms with Crippen LogP contribution in [0.4, 0.5) is 0 Å². The van der Waals surface area contributed by atoms with E-state index in [1.54, 1.807) is 42.5 Å². The zero-order valence-electron chi connectivity index (χ0n) is 13.8. The number of rotatable bonds is 7. The van der Waals surface area contributed by atoms with Gasteiger partial charge in [-0.1, -0.05) is 19.1 Å². The molecular formula is C19H20O5. The second kappa shape index (κ2) is 8.72. The van der Waals surface area contributed by atoms with Gasteiger partial charge in [-0.3, -0.25) is 0 Å². The van der Waals surface area contributed by atoms with Crippen molar-refractivity contribution in [2.75, 3.05) is 13.2 Å². The maximum Gasteiger partial charge on any atom is 0.343 e. The Hall–Kier alpha value is -2.82. The lowest BCUT2D eigenvalue weighted by molar-refractivity contribution is 0.0503. The second-order valence-corrected chi connectivity index (χ2v) is 5.01. The fourth-order valence-corrected chi connectivity index (χ4v) is 2.01. The van der Waals surface area contributed by atoms with Gasteiger partial charge in [0, 0.05) is 0 Å². The summed E-state index contributed by atoms with van der Waals surface area (Å²) in [6.07, 6.45) is 0.747. The summed E-state index contributed by atoms with van der Waals surface area (Å²) >= 11 is 0. The van der Waals surface area contributed by atoms with Gasteiger partial charge in [0.15, 0.2) is 0 Å². The van der Waals surface area contributed by atoms with E-state index >= 15 is 0 Å². The van der Waals surface area contributed by atoms with E-state index in [2.05, 4.69) is 0 Å². The van der Waals surface area contributed by atoms with Crippen molar-refractivity contribution in [2.45, 2.75) is 20.3 Å². The van der Waals surface area contributed by atoms with Crippen molar-refractivity contribution in [1.29, 1.82) is 0 Å². The van der Waals surface area contributed by atoms with Crippen molar-refractivity contribution in [3.63, 3.8) is 0 Å². The Kier molecular flexibility index (Phi) is 6.37. The van der Waals surface area contributed by atoms with Crippen LogP contribution in [0.25, 0.3) is 0 Å². The minimum absolute atomic E-state index is 0.285. The third-order valence-electron chi connectivity index (χ3n) is 3.10. The molecule has 0 heterocycles. The molecule has 0 amide bonds. The van der Waals surface area contributed by atoms with Gasteiger partial charge in [-0.25, -0.2) is 9.59 Å². The third-order valence-corrected chi connectivity index (χ3v) is 3.10. The molecule has 2 aromatic rings. The highest BCUT2D eigenvalue weighted by Crippen LogP contribution is 2.18. The Morgan fingerprint density at radius 3 is 2.17 bits per heavy atom. The highest BCUT2D eigenvalue weighted by molar-refractivity contribution is 5.93. The summed E-state index contributed by atoms with van der Waals surface area (Å²) in [4.78, 5) is 24.1. The van der Waals surface area contributed by atoms with E-state index in [1.807, 2.05) is 13.8 Å². The van der Waals surface area contributed by atoms with Gasteiger partial charge in [0.05, 0.1) is 24.3 Å². The van der Waals surface area contributed by atoms with Crippen LogP contribution in [0.2, 0.25) is 0 Å². The molecule has 0 N–H and O–H groups in total. The molecular weight excluding hydrogens is 308 g/mol. The van der Waals surface area contributed by atoms with Crippen LogP contribution in [0.15, 0.2) is 48.5 Å². The van der Waals surface area contributed by atoms with Crippen molar-refractivity contribution in [2.24, 2.45) is 0 Å². The van der Waals surface area contributed by atoms with Gasteiger partial charge in [0.2, 0.25) is 0 Å². The zero-order valence-corrected chi connectivity index (χ0v) is 13.8. The van der Waals surface area contributed by atoms with Gasteiger partial charge in [-0.15, -0.1) is 0 Å². The molecule has 0 saturated heterocycles. The van der Waals surface area contributed by atoms with E-state index in [-0.39, 0.29) is 5.75 Å². The van der Waals surface area contributed by atoms with Crippen LogP contribution in [0.1, 0.15) is 41.0 Å². The monoisotopic (exact) mass is 328 g/mol. The number of carbonyl (C=O) groups excluding carboxylic acids is 2. The summed E-state index contributed by atoms with van der Waals surface area (Å²) in [6, 6.07) is 13.1. The number of esters is 2. The van der Waals surface area contributed by atoms with E-state index in [4.69, 9.17) is 14.2 Å². The maximum atomic E-state index is 12.2. The first kappa shape index (κ1) is 17.5. The van der Waals surface area contributed by atoms with Gasteiger partial charge >= 0.3 is 11.9 Å². The van der Waals surface area contributed by atoms with E-state index in [1.165, 1.54) is 6.07 Å². The molecule has 0 aliphatic rings. The first-order valence-electron chi connectivity index (χ1n) is 7.86. The lowest BCUT2D eigenvalue weighted by atomic mass is 10.2. The molecule has 0 aromatic heterocycles. The molecule has 0 spiro atoms. The summed E-state index contributed by atoms with van der Waals surface area (Å²) in [7, 11) is 0. The van der Waals surface area contributed by atoms with Gasteiger partial charge in [-0.05, 0) is 49.7 Å². The molecule has 2 rings (SSSR count). The number of hydrogen-bond donors (Lipinski definition) is 0. The Morgan fingerprint density at radius 1 is 0.875 bits per heavy atom. The van der Waals surface area contributed by atoms with Gasteiger partial charge < -0.3 is 14.2 Å². The maximum absolute atomic E-state index is 12.2. The smallest absolute Gasteiger partial charge is 0.343 e. The zero-order chi connectivity index (χ0) is 17.4. The van der Waals surface area contributed by atoms with Crippen LogP contribution in [-0.2, 0) is 4.74 Å². The molecule has 0 unspecified atom stereocenters. The number of benzene rings is 2. The minimum atomic E-state index is -0.518. The fraction of sp³-hybridized carbons (Fsp3) is 0.263. The van der Waals surface area contributed by atoms with E-state index < -0.39 is 11.9 Å². The van der Waals surface area contributed by atoms with Crippen LogP contribution in [-0.4, -0.2) is 25.2 Å². The van der Waals surface area contributed by atoms with Crippen molar-refractivity contribution in [1.82, 2.24) is 0 Å². The average Bonchev–Trinajstić information content (AvgIpc) is 2.60. The molecule has 5 nitrogen and oxygen atoms in total. The fourth-order valence-electron chi connectivity index (χ4n) is 2.01. The number of hydrogen-bond acceptors (Lipinski definition) is 5. The number of carbonyl (C=O) groups is 2. The van der Waals surface area contributed by atoms with Crippen LogP contribution in [0.5, 0.6) is 11.5 Å². The van der Waals surface area contributed by atoms with Crippen LogP contribution in [0, 0.1) is 0 Å². The number of ether oxygens (including phenoxy) is 3. The second-order valence-electron chi connectivity index (χ2n) is 5.01. The van der Waals surface area contributed by atoms with Gasteiger partial charge in [0.25, 0.3) is 0 Å². The third kappa shape index (κ3) is 4.84. The molecule has 2 aromatic carbocycles. The molecule has 0 aliphatic heterocycles. The molecule has 5 heteroatoms. The lowest BCUT2D eigenvalue weighted by Crippen LogP contribution is -2.10. The van der Waals surface area contributed by atoms with Crippen molar-refractivity contribution in [3.05, 3.63) is 59.7 Å². The molecule has 0 bridgehead atoms. The normalized spacial score (nSPS) is 10.1. The SMILES string of the molecule is CCCOC(=O)c1cccc(OC(=O)c2cccc(OCC)c2)c1. The largest absolute Gasteiger partial charge is 0.494 e. The van der Waals surface area contributed by atoms with Crippen molar-refractivity contribution < 1.29 is 23.8 Å². The van der Waals surface area contributed by atoms with Gasteiger partial charge in [0.1, 0.15) is 11.5 Å². The van der Waals surface area contributed by atoms with E-state index in [0.29, 0.717) is 30.1 Å². The highest BCUT2D eigenvalue weighted by atomic mass is 16.5. The predicted octanol–water partition coefficient (Wildman–Crippen LogP) is 3.87. The van der Waals surface area contributed by atoms with E-state index in [0.717, 1.165) is 6.42 Å².